The van der Waals surface area contributed by atoms with Gasteiger partial charge in [0.25, 0.3) is 0 Å². The third kappa shape index (κ3) is 7.00. The second-order valence-corrected chi connectivity index (χ2v) is 6.00. The minimum absolute atomic E-state index is 0.866. The average Bonchev–Trinajstić information content (AvgIpc) is 2.50. The summed E-state index contributed by atoms with van der Waals surface area (Å²) in [6.45, 7) is 0. The lowest BCUT2D eigenvalue weighted by atomic mass is 10.0. The topological polar surface area (TPSA) is 37.7 Å². The zero-order valence-corrected chi connectivity index (χ0v) is 15.9. The van der Waals surface area contributed by atoms with Gasteiger partial charge >= 0.3 is 0 Å². The first-order chi connectivity index (χ1) is 10.4. The van der Waals surface area contributed by atoms with E-state index in [1.165, 1.54) is 38.5 Å². The maximum atomic E-state index is 4.24. The van der Waals surface area contributed by atoms with Crippen LogP contribution in [0.15, 0.2) is 9.98 Å². The Bertz CT molecular complexity index is 305. The summed E-state index contributed by atoms with van der Waals surface area (Å²) in [5.41, 5.74) is 0. The van der Waals surface area contributed by atoms with Gasteiger partial charge < -0.3 is 9.80 Å². The van der Waals surface area contributed by atoms with Crippen molar-refractivity contribution in [3.8, 4) is 0 Å². The lowest BCUT2D eigenvalue weighted by Gasteiger charge is -2.37. The summed E-state index contributed by atoms with van der Waals surface area (Å²) in [4.78, 5) is 12.4. The summed E-state index contributed by atoms with van der Waals surface area (Å²) in [7, 11) is 15.3. The van der Waals surface area contributed by atoms with Gasteiger partial charge in [0.1, 0.15) is 0 Å². The first-order valence-electron chi connectivity index (χ1n) is 8.12. The van der Waals surface area contributed by atoms with Gasteiger partial charge in [0.15, 0.2) is 0 Å². The van der Waals surface area contributed by atoms with E-state index in [0.717, 1.165) is 11.9 Å². The van der Waals surface area contributed by atoms with E-state index in [1.807, 2.05) is 62.1 Å². The predicted octanol–water partition coefficient (Wildman–Crippen LogP) is 2.20. The molecule has 0 amide bonds. The molecule has 1 saturated carbocycles. The normalized spacial score (nSPS) is 15.6. The first-order valence-corrected chi connectivity index (χ1v) is 8.12. The minimum atomic E-state index is 0.866. The molecule has 0 N–H and O–H groups in total. The Hall–Kier alpha value is -1.46. The monoisotopic (exact) mass is 312 g/mol. The highest BCUT2D eigenvalue weighted by Crippen LogP contribution is 2.15. The van der Waals surface area contributed by atoms with E-state index in [2.05, 4.69) is 9.98 Å². The van der Waals surface area contributed by atoms with Crippen molar-refractivity contribution in [2.45, 2.75) is 38.5 Å². The van der Waals surface area contributed by atoms with Gasteiger partial charge in [-0.2, -0.15) is 0 Å². The van der Waals surface area contributed by atoms with Gasteiger partial charge in [0.2, 0.25) is 11.9 Å². The summed E-state index contributed by atoms with van der Waals surface area (Å²) < 4.78 is 0. The quantitative estimate of drug-likeness (QED) is 0.390. The predicted molar refractivity (Wildman–Crippen MR) is 97.3 cm³/mol. The molecular weight excluding hydrogens is 276 g/mol. The lowest BCUT2D eigenvalue weighted by molar-refractivity contribution is 0.165. The van der Waals surface area contributed by atoms with Crippen LogP contribution in [0.4, 0.5) is 0 Å². The second kappa shape index (κ2) is 11.2. The minimum Gasteiger partial charge on any atom is -0.348 e. The molecule has 0 radical (unpaired) electrons. The number of nitrogens with zero attached hydrogens (tertiary/aromatic N) is 6. The molecule has 6 heteroatoms. The molecule has 0 saturated heterocycles. The Kier molecular flexibility index (Phi) is 10.4. The van der Waals surface area contributed by atoms with Crippen LogP contribution in [-0.2, 0) is 0 Å². The van der Waals surface area contributed by atoms with Crippen molar-refractivity contribution in [2.75, 3.05) is 56.4 Å². The van der Waals surface area contributed by atoms with Crippen LogP contribution in [0.2, 0.25) is 0 Å². The van der Waals surface area contributed by atoms with Gasteiger partial charge in [0.05, 0.1) is 0 Å². The van der Waals surface area contributed by atoms with Gasteiger partial charge in [-0.15, -0.1) is 0 Å². The zero-order chi connectivity index (χ0) is 17.1. The van der Waals surface area contributed by atoms with E-state index in [1.54, 1.807) is 14.1 Å². The molecule has 130 valence electrons. The number of aliphatic imine (C=N–C) groups is 2. The van der Waals surface area contributed by atoms with Crippen LogP contribution in [0.3, 0.4) is 0 Å². The largest absolute Gasteiger partial charge is 0.348 e. The van der Waals surface area contributed by atoms with Gasteiger partial charge in [-0.3, -0.25) is 20.0 Å². The molecule has 6 nitrogen and oxygen atoms in total. The van der Waals surface area contributed by atoms with Crippen LogP contribution in [0.5, 0.6) is 0 Å². The van der Waals surface area contributed by atoms with Crippen molar-refractivity contribution >= 4 is 11.9 Å². The fraction of sp³-hybridized carbons (Fsp3) is 0.875. The Labute approximate surface area is 137 Å². The Morgan fingerprint density at radius 3 is 0.909 bits per heavy atom. The van der Waals surface area contributed by atoms with E-state index in [-0.39, 0.29) is 0 Å². The van der Waals surface area contributed by atoms with Gasteiger partial charge in [-0.25, -0.2) is 0 Å². The highest BCUT2D eigenvalue weighted by Gasteiger charge is 2.17. The molecule has 0 aromatic carbocycles. The molecule has 1 fully saturated rings. The van der Waals surface area contributed by atoms with Crippen LogP contribution in [0.1, 0.15) is 38.5 Å². The Morgan fingerprint density at radius 2 is 0.773 bits per heavy atom. The maximum absolute atomic E-state index is 4.24. The molecule has 0 bridgehead atoms. The fourth-order valence-corrected chi connectivity index (χ4v) is 2.60. The third-order valence-electron chi connectivity index (χ3n) is 3.73. The second-order valence-electron chi connectivity index (χ2n) is 6.00. The van der Waals surface area contributed by atoms with Crippen molar-refractivity contribution in [3.05, 3.63) is 0 Å². The molecule has 0 aliphatic heterocycles. The van der Waals surface area contributed by atoms with Crippen molar-refractivity contribution < 1.29 is 0 Å². The number of rotatable bonds is 0. The molecule has 0 unspecified atom stereocenters. The number of hydrogen-bond acceptors (Lipinski definition) is 2. The highest BCUT2D eigenvalue weighted by molar-refractivity contribution is 5.85. The highest BCUT2D eigenvalue weighted by atomic mass is 15.7. The maximum Gasteiger partial charge on any atom is 0.214 e. The zero-order valence-electron chi connectivity index (χ0n) is 15.9. The van der Waals surface area contributed by atoms with Crippen molar-refractivity contribution in [1.29, 1.82) is 0 Å². The van der Waals surface area contributed by atoms with E-state index in [4.69, 9.17) is 0 Å². The van der Waals surface area contributed by atoms with Gasteiger partial charge in [-0.05, 0) is 0 Å². The molecule has 1 aliphatic carbocycles. The summed E-state index contributed by atoms with van der Waals surface area (Å²) in [5, 5.41) is 3.89. The van der Waals surface area contributed by atoms with E-state index >= 15 is 0 Å². The van der Waals surface area contributed by atoms with E-state index in [9.17, 15) is 0 Å². The first kappa shape index (κ1) is 20.5. The summed E-state index contributed by atoms with van der Waals surface area (Å²) in [6, 6.07) is 0. The van der Waals surface area contributed by atoms with E-state index in [0.29, 0.717) is 0 Å². The van der Waals surface area contributed by atoms with Crippen LogP contribution < -0.4 is 0 Å². The number of guanidine groups is 2. The van der Waals surface area contributed by atoms with Gasteiger partial charge in [-0.1, -0.05) is 38.5 Å². The molecule has 0 aromatic heterocycles. The fourth-order valence-electron chi connectivity index (χ4n) is 2.60. The molecule has 0 atom stereocenters. The molecular formula is C16H36N6. The smallest absolute Gasteiger partial charge is 0.214 e. The SMILES string of the molecule is C1CCCCC1.CN=C(N(C)C)N(C)N(C)C(=NC)N(C)C. The number of hydrazine groups is 1. The summed E-state index contributed by atoms with van der Waals surface area (Å²) in [6.07, 6.45) is 9.00. The molecule has 0 heterocycles. The molecule has 0 aromatic rings. The molecule has 22 heavy (non-hydrogen) atoms. The summed E-state index contributed by atoms with van der Waals surface area (Å²) >= 11 is 0. The molecule has 1 aliphatic rings. The van der Waals surface area contributed by atoms with Crippen molar-refractivity contribution in [2.24, 2.45) is 9.98 Å². The Morgan fingerprint density at radius 1 is 0.545 bits per heavy atom. The van der Waals surface area contributed by atoms with Crippen molar-refractivity contribution in [3.63, 3.8) is 0 Å². The standard InChI is InChI=1S/C10H24N6.C6H12/c1-11-9(13(3)4)15(7)16(8)10(12-2)14(5)6;1-2-4-6-5-3-1/h1-8H3;1-6H2. The van der Waals surface area contributed by atoms with E-state index < -0.39 is 0 Å². The van der Waals surface area contributed by atoms with Crippen LogP contribution in [0, 0.1) is 0 Å². The summed E-state index contributed by atoms with van der Waals surface area (Å²) in [5.74, 6) is 1.73. The third-order valence-corrected chi connectivity index (χ3v) is 3.73. The lowest BCUT2D eigenvalue weighted by Crippen LogP contribution is -2.53. The Balaban J connectivity index is 0.000000604. The van der Waals surface area contributed by atoms with Crippen LogP contribution >= 0.6 is 0 Å². The van der Waals surface area contributed by atoms with Crippen LogP contribution in [0.25, 0.3) is 0 Å². The van der Waals surface area contributed by atoms with Crippen molar-refractivity contribution in [1.82, 2.24) is 19.8 Å². The average molecular weight is 313 g/mol. The van der Waals surface area contributed by atoms with Gasteiger partial charge in [0, 0.05) is 56.4 Å². The van der Waals surface area contributed by atoms with Crippen LogP contribution in [-0.4, -0.2) is 88.1 Å². The number of hydrogen-bond donors (Lipinski definition) is 0. The molecule has 0 spiro atoms. The molecule has 1 rings (SSSR count).